The van der Waals surface area contributed by atoms with Crippen molar-refractivity contribution in [1.82, 2.24) is 14.8 Å². The number of carbonyl (C=O) groups is 2. The SMILES string of the molecule is Cn1c(CC(=O)Nc2ccc(F)cc2)nnc1SCC(=O)N1CCc2ccccc21. The Labute approximate surface area is 177 Å². The van der Waals surface area contributed by atoms with Gasteiger partial charge in [0.1, 0.15) is 11.6 Å². The van der Waals surface area contributed by atoms with Crippen LogP contribution in [0, 0.1) is 5.82 Å². The molecule has 154 valence electrons. The minimum absolute atomic E-state index is 0.0172. The van der Waals surface area contributed by atoms with Gasteiger partial charge in [-0.3, -0.25) is 9.59 Å². The van der Waals surface area contributed by atoms with E-state index in [-0.39, 0.29) is 29.8 Å². The second-order valence-electron chi connectivity index (χ2n) is 6.90. The number of amides is 2. The van der Waals surface area contributed by atoms with Crippen LogP contribution >= 0.6 is 11.8 Å². The summed E-state index contributed by atoms with van der Waals surface area (Å²) in [6.07, 6.45) is 0.888. The van der Waals surface area contributed by atoms with Crippen molar-refractivity contribution < 1.29 is 14.0 Å². The zero-order chi connectivity index (χ0) is 21.1. The number of carbonyl (C=O) groups excluding carboxylic acids is 2. The number of nitrogens with one attached hydrogen (secondary N) is 1. The highest BCUT2D eigenvalue weighted by Crippen LogP contribution is 2.28. The summed E-state index contributed by atoms with van der Waals surface area (Å²) in [7, 11) is 1.76. The summed E-state index contributed by atoms with van der Waals surface area (Å²) >= 11 is 1.29. The van der Waals surface area contributed by atoms with Crippen molar-refractivity contribution in [2.45, 2.75) is 18.0 Å². The number of anilines is 2. The molecule has 0 bridgehead atoms. The van der Waals surface area contributed by atoms with E-state index in [2.05, 4.69) is 15.5 Å². The number of rotatable bonds is 6. The van der Waals surface area contributed by atoms with Crippen molar-refractivity contribution in [3.63, 3.8) is 0 Å². The first-order valence-electron chi connectivity index (χ1n) is 9.46. The van der Waals surface area contributed by atoms with Crippen molar-refractivity contribution in [3.8, 4) is 0 Å². The molecular weight excluding hydrogens is 405 g/mol. The third-order valence-electron chi connectivity index (χ3n) is 4.88. The van der Waals surface area contributed by atoms with Crippen molar-refractivity contribution in [2.24, 2.45) is 7.05 Å². The van der Waals surface area contributed by atoms with Gasteiger partial charge in [0.15, 0.2) is 5.16 Å². The monoisotopic (exact) mass is 425 g/mol. The van der Waals surface area contributed by atoms with Crippen LogP contribution in [0.2, 0.25) is 0 Å². The molecule has 1 aromatic heterocycles. The summed E-state index contributed by atoms with van der Waals surface area (Å²) in [4.78, 5) is 26.7. The van der Waals surface area contributed by atoms with Gasteiger partial charge in [-0.25, -0.2) is 4.39 Å². The van der Waals surface area contributed by atoms with Gasteiger partial charge in [-0.15, -0.1) is 10.2 Å². The molecule has 7 nitrogen and oxygen atoms in total. The van der Waals surface area contributed by atoms with E-state index >= 15 is 0 Å². The van der Waals surface area contributed by atoms with Crippen molar-refractivity contribution in [3.05, 3.63) is 65.7 Å². The Bertz CT molecular complexity index is 1080. The normalized spacial score (nSPS) is 12.7. The summed E-state index contributed by atoms with van der Waals surface area (Å²) in [5.41, 5.74) is 2.66. The molecule has 3 aromatic rings. The first kappa shape index (κ1) is 20.1. The summed E-state index contributed by atoms with van der Waals surface area (Å²) in [5, 5.41) is 11.4. The molecule has 0 atom stereocenters. The number of nitrogens with zero attached hydrogens (tertiary/aromatic N) is 4. The van der Waals surface area contributed by atoms with Gasteiger partial charge in [0.05, 0.1) is 12.2 Å². The van der Waals surface area contributed by atoms with Gasteiger partial charge in [0.2, 0.25) is 11.8 Å². The van der Waals surface area contributed by atoms with Crippen LogP contribution in [0.3, 0.4) is 0 Å². The molecule has 9 heteroatoms. The lowest BCUT2D eigenvalue weighted by atomic mass is 10.2. The maximum absolute atomic E-state index is 13.0. The highest BCUT2D eigenvalue weighted by molar-refractivity contribution is 7.99. The fourth-order valence-electron chi connectivity index (χ4n) is 3.31. The lowest BCUT2D eigenvalue weighted by Crippen LogP contribution is -2.30. The molecule has 2 heterocycles. The van der Waals surface area contributed by atoms with Crippen molar-refractivity contribution >= 4 is 35.0 Å². The van der Waals surface area contributed by atoms with Gasteiger partial charge in [-0.2, -0.15) is 0 Å². The van der Waals surface area contributed by atoms with Crippen LogP contribution in [-0.2, 0) is 29.5 Å². The van der Waals surface area contributed by atoms with E-state index in [0.717, 1.165) is 12.1 Å². The van der Waals surface area contributed by atoms with Gasteiger partial charge in [0.25, 0.3) is 0 Å². The topological polar surface area (TPSA) is 80.1 Å². The van der Waals surface area contributed by atoms with Gasteiger partial charge >= 0.3 is 0 Å². The minimum atomic E-state index is -0.366. The van der Waals surface area contributed by atoms with Crippen LogP contribution in [-0.4, -0.2) is 38.9 Å². The fraction of sp³-hybridized carbons (Fsp3) is 0.238. The highest BCUT2D eigenvalue weighted by Gasteiger charge is 2.24. The Morgan fingerprint density at radius 1 is 1.13 bits per heavy atom. The molecule has 2 aromatic carbocycles. The Balaban J connectivity index is 1.34. The molecule has 4 rings (SSSR count). The summed E-state index contributed by atoms with van der Waals surface area (Å²) < 4.78 is 14.7. The van der Waals surface area contributed by atoms with E-state index in [1.54, 1.807) is 16.5 Å². The number of benzene rings is 2. The van der Waals surface area contributed by atoms with Crippen LogP contribution in [0.1, 0.15) is 11.4 Å². The van der Waals surface area contributed by atoms with E-state index in [0.29, 0.717) is 23.2 Å². The van der Waals surface area contributed by atoms with E-state index in [1.165, 1.54) is 41.6 Å². The lowest BCUT2D eigenvalue weighted by Gasteiger charge is -2.16. The lowest BCUT2D eigenvalue weighted by molar-refractivity contribution is -0.116. The Morgan fingerprint density at radius 3 is 2.70 bits per heavy atom. The van der Waals surface area contributed by atoms with Crippen LogP contribution in [0.15, 0.2) is 53.7 Å². The number of halogens is 1. The Morgan fingerprint density at radius 2 is 1.90 bits per heavy atom. The molecule has 1 N–H and O–H groups in total. The maximum Gasteiger partial charge on any atom is 0.237 e. The largest absolute Gasteiger partial charge is 0.326 e. The minimum Gasteiger partial charge on any atom is -0.326 e. The predicted molar refractivity (Wildman–Crippen MR) is 113 cm³/mol. The number of fused-ring (bicyclic) bond motifs is 1. The summed E-state index contributed by atoms with van der Waals surface area (Å²) in [6, 6.07) is 13.5. The second-order valence-corrected chi connectivity index (χ2v) is 7.84. The molecule has 0 fully saturated rings. The Kier molecular flexibility index (Phi) is 5.80. The standard InChI is InChI=1S/C21H20FN5O2S/c1-26-18(12-19(28)23-16-8-6-15(22)7-9-16)24-25-21(26)30-13-20(29)27-11-10-14-4-2-3-5-17(14)27/h2-9H,10-13H2,1H3,(H,23,28). The first-order valence-corrected chi connectivity index (χ1v) is 10.4. The molecule has 1 aliphatic heterocycles. The molecular formula is C21H20FN5O2S. The molecule has 0 spiro atoms. The second kappa shape index (κ2) is 8.66. The third-order valence-corrected chi connectivity index (χ3v) is 5.89. The highest BCUT2D eigenvalue weighted by atomic mass is 32.2. The maximum atomic E-state index is 13.0. The van der Waals surface area contributed by atoms with Crippen molar-refractivity contribution in [2.75, 3.05) is 22.5 Å². The van der Waals surface area contributed by atoms with E-state index < -0.39 is 0 Å². The smallest absolute Gasteiger partial charge is 0.237 e. The average Bonchev–Trinajstić information content (AvgIpc) is 3.32. The molecule has 0 saturated heterocycles. The third kappa shape index (κ3) is 4.35. The fourth-order valence-corrected chi connectivity index (χ4v) is 4.11. The molecule has 0 saturated carbocycles. The van der Waals surface area contributed by atoms with E-state index in [1.807, 2.05) is 24.3 Å². The number of hydrogen-bond donors (Lipinski definition) is 1. The average molecular weight is 425 g/mol. The predicted octanol–water partition coefficient (Wildman–Crippen LogP) is 2.82. The summed E-state index contributed by atoms with van der Waals surface area (Å²) in [6.45, 7) is 0.687. The van der Waals surface area contributed by atoms with Crippen LogP contribution in [0.4, 0.5) is 15.8 Å². The number of hydrogen-bond acceptors (Lipinski definition) is 5. The molecule has 1 aliphatic rings. The quantitative estimate of drug-likeness (QED) is 0.615. The van der Waals surface area contributed by atoms with E-state index in [9.17, 15) is 14.0 Å². The number of thioether (sulfide) groups is 1. The van der Waals surface area contributed by atoms with Gasteiger partial charge < -0.3 is 14.8 Å². The number of aromatic nitrogens is 3. The summed E-state index contributed by atoms with van der Waals surface area (Å²) in [5.74, 6) is 0.0928. The molecule has 0 unspecified atom stereocenters. The van der Waals surface area contributed by atoms with Crippen LogP contribution < -0.4 is 10.2 Å². The van der Waals surface area contributed by atoms with Crippen LogP contribution in [0.5, 0.6) is 0 Å². The first-order chi connectivity index (χ1) is 14.5. The van der Waals surface area contributed by atoms with Crippen molar-refractivity contribution in [1.29, 1.82) is 0 Å². The zero-order valence-corrected chi connectivity index (χ0v) is 17.2. The van der Waals surface area contributed by atoms with Gasteiger partial charge in [-0.1, -0.05) is 30.0 Å². The molecule has 30 heavy (non-hydrogen) atoms. The van der Waals surface area contributed by atoms with Gasteiger partial charge in [-0.05, 0) is 42.3 Å². The Hall–Kier alpha value is -3.20. The van der Waals surface area contributed by atoms with Gasteiger partial charge in [0, 0.05) is 25.0 Å². The molecule has 2 amide bonds. The zero-order valence-electron chi connectivity index (χ0n) is 16.3. The number of para-hydroxylation sites is 1. The van der Waals surface area contributed by atoms with E-state index in [4.69, 9.17) is 0 Å². The molecule has 0 radical (unpaired) electrons. The molecule has 0 aliphatic carbocycles. The van der Waals surface area contributed by atoms with Crippen LogP contribution in [0.25, 0.3) is 0 Å².